The lowest BCUT2D eigenvalue weighted by Crippen LogP contribution is -2.43. The van der Waals surface area contributed by atoms with E-state index in [0.29, 0.717) is 0 Å². The average Bonchev–Trinajstić information content (AvgIpc) is 2.55. The highest BCUT2D eigenvalue weighted by atomic mass is 16.8. The van der Waals surface area contributed by atoms with Gasteiger partial charge in [0.05, 0.1) is 6.04 Å². The molecule has 1 N–H and O–H groups in total. The minimum atomic E-state index is -0.579. The molecule has 78 valence electrons. The third kappa shape index (κ3) is 1.43. The Balaban J connectivity index is 2.14. The highest BCUT2D eigenvalue weighted by molar-refractivity contribution is 5.09. The lowest BCUT2D eigenvalue weighted by molar-refractivity contribution is -0.201. The van der Waals surface area contributed by atoms with E-state index in [1.165, 1.54) is 0 Å². The van der Waals surface area contributed by atoms with Crippen molar-refractivity contribution in [2.75, 3.05) is 7.05 Å². The van der Waals surface area contributed by atoms with Gasteiger partial charge in [-0.05, 0) is 20.9 Å². The zero-order valence-electron chi connectivity index (χ0n) is 8.61. The third-order valence-corrected chi connectivity index (χ3v) is 2.55. The Kier molecular flexibility index (Phi) is 2.28. The van der Waals surface area contributed by atoms with Gasteiger partial charge < -0.3 is 19.5 Å². The molecule has 0 amide bonds. The van der Waals surface area contributed by atoms with Gasteiger partial charge in [-0.1, -0.05) is 5.92 Å². The summed E-state index contributed by atoms with van der Waals surface area (Å²) in [6.45, 7) is 3.73. The second kappa shape index (κ2) is 3.21. The Bertz CT molecular complexity index is 271. The molecular weight excluding hydrogens is 182 g/mol. The van der Waals surface area contributed by atoms with Gasteiger partial charge in [0.15, 0.2) is 12.1 Å². The number of rotatable bonds is 1. The maximum absolute atomic E-state index is 5.70. The quantitative estimate of drug-likeness (QED) is 0.604. The van der Waals surface area contributed by atoms with Crippen molar-refractivity contribution in [3.63, 3.8) is 0 Å². The summed E-state index contributed by atoms with van der Waals surface area (Å²) in [7, 11) is 1.84. The van der Waals surface area contributed by atoms with Crippen LogP contribution in [0.25, 0.3) is 0 Å². The van der Waals surface area contributed by atoms with E-state index < -0.39 is 5.79 Å². The maximum Gasteiger partial charge on any atom is 0.190 e. The molecule has 0 saturated carbocycles. The van der Waals surface area contributed by atoms with Crippen molar-refractivity contribution >= 4 is 0 Å². The number of hydrogen-bond acceptors (Lipinski definition) is 4. The fourth-order valence-electron chi connectivity index (χ4n) is 1.97. The average molecular weight is 197 g/mol. The Labute approximate surface area is 83.9 Å². The maximum atomic E-state index is 5.70. The molecule has 2 aliphatic rings. The number of ether oxygens (including phenoxy) is 3. The fourth-order valence-corrected chi connectivity index (χ4v) is 1.97. The van der Waals surface area contributed by atoms with E-state index in [4.69, 9.17) is 20.6 Å². The largest absolute Gasteiger partial charge is 0.340 e. The molecular formula is C10H15NO3. The second-order valence-corrected chi connectivity index (χ2v) is 4.01. The lowest BCUT2D eigenvalue weighted by atomic mass is 10.1. The van der Waals surface area contributed by atoms with E-state index in [1.807, 2.05) is 20.9 Å². The van der Waals surface area contributed by atoms with Crippen molar-refractivity contribution in [3.8, 4) is 12.3 Å². The predicted molar refractivity (Wildman–Crippen MR) is 50.4 cm³/mol. The molecule has 0 aromatic heterocycles. The Morgan fingerprint density at radius 2 is 2.07 bits per heavy atom. The molecule has 0 radical (unpaired) electrons. The summed E-state index contributed by atoms with van der Waals surface area (Å²) in [6, 6.07) is 0.00627. The van der Waals surface area contributed by atoms with Crippen molar-refractivity contribution < 1.29 is 14.2 Å². The van der Waals surface area contributed by atoms with Crippen LogP contribution in [0.15, 0.2) is 0 Å². The van der Waals surface area contributed by atoms with Crippen molar-refractivity contribution in [1.82, 2.24) is 5.32 Å². The highest BCUT2D eigenvalue weighted by Crippen LogP contribution is 2.36. The van der Waals surface area contributed by atoms with Gasteiger partial charge in [0, 0.05) is 0 Å². The monoisotopic (exact) mass is 197 g/mol. The predicted octanol–water partition coefficient (Wildman–Crippen LogP) is 0.0840. The molecule has 14 heavy (non-hydrogen) atoms. The molecule has 4 heteroatoms. The smallest absolute Gasteiger partial charge is 0.190 e. The molecule has 2 fully saturated rings. The van der Waals surface area contributed by atoms with E-state index in [0.717, 1.165) is 0 Å². The van der Waals surface area contributed by atoms with Gasteiger partial charge in [0.1, 0.15) is 12.2 Å². The Hall–Kier alpha value is -0.600. The number of fused-ring (bicyclic) bond motifs is 1. The number of terminal acetylenes is 1. The van der Waals surface area contributed by atoms with E-state index in [2.05, 4.69) is 11.2 Å². The van der Waals surface area contributed by atoms with Gasteiger partial charge in [0.2, 0.25) is 0 Å². The van der Waals surface area contributed by atoms with Crippen LogP contribution in [0.4, 0.5) is 0 Å². The zero-order valence-corrected chi connectivity index (χ0v) is 8.61. The third-order valence-electron chi connectivity index (χ3n) is 2.55. The second-order valence-electron chi connectivity index (χ2n) is 4.01. The molecule has 2 rings (SSSR count). The Morgan fingerprint density at radius 3 is 2.64 bits per heavy atom. The standard InChI is InChI=1S/C10H15NO3/c1-5-6-7(11-4)8-9(12-6)14-10(2,3)13-8/h1,6-9,11H,2-4H3/t6-,7+,8-,9-/m1/s1. The molecule has 0 aromatic carbocycles. The number of nitrogens with one attached hydrogen (secondary N) is 1. The van der Waals surface area contributed by atoms with Crippen molar-refractivity contribution in [3.05, 3.63) is 0 Å². The molecule has 2 heterocycles. The van der Waals surface area contributed by atoms with Gasteiger partial charge in [-0.2, -0.15) is 0 Å². The summed E-state index contributed by atoms with van der Waals surface area (Å²) in [5, 5.41) is 3.10. The fraction of sp³-hybridized carbons (Fsp3) is 0.800. The first-order valence-electron chi connectivity index (χ1n) is 4.72. The van der Waals surface area contributed by atoms with E-state index in [9.17, 15) is 0 Å². The number of hydrogen-bond donors (Lipinski definition) is 1. The molecule has 0 unspecified atom stereocenters. The van der Waals surface area contributed by atoms with Crippen molar-refractivity contribution in [2.45, 2.75) is 44.2 Å². The van der Waals surface area contributed by atoms with Crippen LogP contribution in [0.5, 0.6) is 0 Å². The molecule has 0 spiro atoms. The summed E-state index contributed by atoms with van der Waals surface area (Å²) in [5.41, 5.74) is 0. The summed E-state index contributed by atoms with van der Waals surface area (Å²) < 4.78 is 16.8. The van der Waals surface area contributed by atoms with Crippen molar-refractivity contribution in [2.24, 2.45) is 0 Å². The van der Waals surface area contributed by atoms with Gasteiger partial charge in [0.25, 0.3) is 0 Å². The minimum absolute atomic E-state index is 0.00627. The van der Waals surface area contributed by atoms with Crippen LogP contribution in [0.3, 0.4) is 0 Å². The number of likely N-dealkylation sites (N-methyl/N-ethyl adjacent to an activating group) is 1. The normalized spacial score (nSPS) is 44.7. The van der Waals surface area contributed by atoms with Gasteiger partial charge in [-0.3, -0.25) is 0 Å². The highest BCUT2D eigenvalue weighted by Gasteiger charge is 2.53. The van der Waals surface area contributed by atoms with E-state index >= 15 is 0 Å². The topological polar surface area (TPSA) is 39.7 Å². The van der Waals surface area contributed by atoms with Crippen LogP contribution in [0.2, 0.25) is 0 Å². The summed E-state index contributed by atoms with van der Waals surface area (Å²) in [4.78, 5) is 0. The first kappa shape index (κ1) is 9.94. The molecule has 4 nitrogen and oxygen atoms in total. The van der Waals surface area contributed by atoms with Crippen LogP contribution >= 0.6 is 0 Å². The summed E-state index contributed by atoms with van der Waals surface area (Å²) >= 11 is 0. The van der Waals surface area contributed by atoms with Gasteiger partial charge >= 0.3 is 0 Å². The summed E-state index contributed by atoms with van der Waals surface area (Å²) in [6.07, 6.45) is 4.61. The lowest BCUT2D eigenvalue weighted by Gasteiger charge is -2.22. The Morgan fingerprint density at radius 1 is 1.36 bits per heavy atom. The SMILES string of the molecule is C#C[C@H]1O[C@@H]2OC(C)(C)O[C@@H]2[C@H]1NC. The minimum Gasteiger partial charge on any atom is -0.340 e. The molecule has 0 aliphatic carbocycles. The molecule has 2 saturated heterocycles. The van der Waals surface area contributed by atoms with Crippen molar-refractivity contribution in [1.29, 1.82) is 0 Å². The van der Waals surface area contributed by atoms with Crippen LogP contribution in [-0.2, 0) is 14.2 Å². The molecule has 0 aromatic rings. The van der Waals surface area contributed by atoms with E-state index in [-0.39, 0.29) is 24.5 Å². The first-order chi connectivity index (χ1) is 6.57. The summed E-state index contributed by atoms with van der Waals surface area (Å²) in [5.74, 6) is 2.00. The molecule has 2 aliphatic heterocycles. The van der Waals surface area contributed by atoms with Crippen LogP contribution < -0.4 is 5.32 Å². The van der Waals surface area contributed by atoms with Crippen LogP contribution in [-0.4, -0.2) is 37.4 Å². The van der Waals surface area contributed by atoms with Gasteiger partial charge in [-0.15, -0.1) is 6.42 Å². The molecule has 0 bridgehead atoms. The van der Waals surface area contributed by atoms with Gasteiger partial charge in [-0.25, -0.2) is 0 Å². The molecule has 4 atom stereocenters. The van der Waals surface area contributed by atoms with Crippen LogP contribution in [0.1, 0.15) is 13.8 Å². The van der Waals surface area contributed by atoms with Crippen LogP contribution in [0, 0.1) is 12.3 Å². The first-order valence-corrected chi connectivity index (χ1v) is 4.72. The zero-order chi connectivity index (χ0) is 10.3. The van der Waals surface area contributed by atoms with E-state index in [1.54, 1.807) is 0 Å².